The molecule has 0 unspecified atom stereocenters. The highest BCUT2D eigenvalue weighted by molar-refractivity contribution is 9.10. The standard InChI is InChI=1S/C6H3BrCl2O.Al.2H/c7-3-1-4(8)6(10)5(9)2-3;;;/h1-2,10H;;;/q;+1;;/p-1. The van der Waals surface area contributed by atoms with Crippen LogP contribution in [0.3, 0.4) is 0 Å². The minimum absolute atomic E-state index is 0.541. The van der Waals surface area contributed by atoms with Gasteiger partial charge < -0.3 is 3.79 Å². The molecule has 5 heteroatoms. The Balaban J connectivity index is 3.25. The first-order valence-electron chi connectivity index (χ1n) is 2.83. The molecule has 58 valence electrons. The Morgan fingerprint density at radius 2 is 1.73 bits per heavy atom. The summed E-state index contributed by atoms with van der Waals surface area (Å²) < 4.78 is 5.94. The third-order valence-corrected chi connectivity index (χ3v) is 2.59. The molecule has 1 aromatic carbocycles. The SMILES string of the molecule is [AlH2][O]c1c(Cl)cc(Br)cc1Cl. The minimum atomic E-state index is 0.541. The van der Waals surface area contributed by atoms with Crippen molar-refractivity contribution >= 4 is 55.8 Å². The summed E-state index contributed by atoms with van der Waals surface area (Å²) in [5.41, 5.74) is 0. The van der Waals surface area contributed by atoms with Gasteiger partial charge in [-0.3, -0.25) is 0 Å². The molecule has 0 aromatic heterocycles. The fraction of sp³-hybridized carbons (Fsp3) is 0. The Labute approximate surface area is 91.5 Å². The summed E-state index contributed by atoms with van der Waals surface area (Å²) >= 11 is 15.5. The van der Waals surface area contributed by atoms with Crippen LogP contribution in [-0.2, 0) is 0 Å². The van der Waals surface area contributed by atoms with Crippen LogP contribution < -0.4 is 3.79 Å². The van der Waals surface area contributed by atoms with Crippen molar-refractivity contribution in [2.24, 2.45) is 0 Å². The second-order valence-electron chi connectivity index (χ2n) is 1.90. The van der Waals surface area contributed by atoms with Crippen molar-refractivity contribution in [3.05, 3.63) is 26.7 Å². The van der Waals surface area contributed by atoms with E-state index in [4.69, 9.17) is 27.0 Å². The van der Waals surface area contributed by atoms with E-state index in [1.807, 2.05) is 0 Å². The van der Waals surface area contributed by atoms with Gasteiger partial charge in [0.25, 0.3) is 0 Å². The highest BCUT2D eigenvalue weighted by Crippen LogP contribution is 2.35. The molecule has 0 aliphatic rings. The largest absolute Gasteiger partial charge is 0.645 e. The molecule has 0 radical (unpaired) electrons. The molecule has 1 rings (SSSR count). The van der Waals surface area contributed by atoms with Gasteiger partial charge in [-0.05, 0) is 12.1 Å². The Morgan fingerprint density at radius 3 is 2.09 bits per heavy atom. The molecular formula is C6H4AlBrCl2O. The Hall–Kier alpha value is 0.612. The lowest BCUT2D eigenvalue weighted by molar-refractivity contribution is 0.616. The van der Waals surface area contributed by atoms with Crippen LogP contribution in [0.5, 0.6) is 5.75 Å². The van der Waals surface area contributed by atoms with Crippen molar-refractivity contribution in [3.63, 3.8) is 0 Å². The average molecular weight is 270 g/mol. The van der Waals surface area contributed by atoms with E-state index in [-0.39, 0.29) is 0 Å². The van der Waals surface area contributed by atoms with Crippen LogP contribution in [0.1, 0.15) is 0 Å². The van der Waals surface area contributed by atoms with Crippen LogP contribution in [0, 0.1) is 0 Å². The molecule has 0 amide bonds. The fourth-order valence-electron chi connectivity index (χ4n) is 0.724. The summed E-state index contributed by atoms with van der Waals surface area (Å²) in [7, 11) is 0. The molecule has 0 bridgehead atoms. The van der Waals surface area contributed by atoms with Gasteiger partial charge >= 0.3 is 16.6 Å². The molecule has 0 fully saturated rings. The molecule has 0 N–H and O–H groups in total. The lowest BCUT2D eigenvalue weighted by Crippen LogP contribution is -1.87. The summed E-state index contributed by atoms with van der Waals surface area (Å²) in [5.74, 6) is 0.572. The van der Waals surface area contributed by atoms with Gasteiger partial charge in [-0.1, -0.05) is 39.1 Å². The molecule has 11 heavy (non-hydrogen) atoms. The van der Waals surface area contributed by atoms with E-state index in [0.29, 0.717) is 32.4 Å². The van der Waals surface area contributed by atoms with Crippen molar-refractivity contribution in [2.45, 2.75) is 0 Å². The van der Waals surface area contributed by atoms with E-state index in [1.54, 1.807) is 12.1 Å². The number of rotatable bonds is 1. The first kappa shape index (κ1) is 9.70. The van der Waals surface area contributed by atoms with E-state index < -0.39 is 0 Å². The molecule has 0 saturated carbocycles. The van der Waals surface area contributed by atoms with Crippen LogP contribution in [0.2, 0.25) is 10.0 Å². The van der Waals surface area contributed by atoms with Gasteiger partial charge in [0.1, 0.15) is 5.75 Å². The summed E-state index contributed by atoms with van der Waals surface area (Å²) in [6.45, 7) is 0. The summed E-state index contributed by atoms with van der Waals surface area (Å²) in [4.78, 5) is 0. The predicted octanol–water partition coefficient (Wildman–Crippen LogP) is 2.68. The average Bonchev–Trinajstić information content (AvgIpc) is 1.85. The van der Waals surface area contributed by atoms with Gasteiger partial charge in [-0.15, -0.1) is 0 Å². The quantitative estimate of drug-likeness (QED) is 0.713. The zero-order valence-electron chi connectivity index (χ0n) is 5.70. The van der Waals surface area contributed by atoms with Gasteiger partial charge in [-0.2, -0.15) is 0 Å². The minimum Gasteiger partial charge on any atom is -0.645 e. The smallest absolute Gasteiger partial charge is 0.497 e. The van der Waals surface area contributed by atoms with E-state index in [9.17, 15) is 0 Å². The van der Waals surface area contributed by atoms with E-state index in [1.165, 1.54) is 0 Å². The first-order chi connectivity index (χ1) is 5.15. The molecule has 0 aliphatic carbocycles. The number of halogens is 3. The molecule has 0 atom stereocenters. The highest BCUT2D eigenvalue weighted by Gasteiger charge is 2.05. The molecular weight excluding hydrogens is 266 g/mol. The normalized spacial score (nSPS) is 9.73. The molecule has 1 aromatic rings. The van der Waals surface area contributed by atoms with Crippen molar-refractivity contribution in [3.8, 4) is 5.75 Å². The van der Waals surface area contributed by atoms with Crippen LogP contribution >= 0.6 is 39.1 Å². The monoisotopic (exact) mass is 268 g/mol. The van der Waals surface area contributed by atoms with Crippen LogP contribution in [-0.4, -0.2) is 16.6 Å². The Kier molecular flexibility index (Phi) is 3.55. The third-order valence-electron chi connectivity index (χ3n) is 1.17. The Bertz CT molecular complexity index is 256. The zero-order chi connectivity index (χ0) is 8.43. The predicted molar refractivity (Wildman–Crippen MR) is 53.3 cm³/mol. The van der Waals surface area contributed by atoms with Crippen LogP contribution in [0.25, 0.3) is 0 Å². The Morgan fingerprint density at radius 1 is 1.27 bits per heavy atom. The lowest BCUT2D eigenvalue weighted by Gasteiger charge is -2.07. The molecule has 0 aliphatic heterocycles. The molecule has 1 nitrogen and oxygen atoms in total. The van der Waals surface area contributed by atoms with Crippen molar-refractivity contribution in [1.29, 1.82) is 0 Å². The molecule has 0 saturated heterocycles. The highest BCUT2D eigenvalue weighted by atomic mass is 79.9. The van der Waals surface area contributed by atoms with Gasteiger partial charge in [0.2, 0.25) is 0 Å². The molecule has 0 spiro atoms. The topological polar surface area (TPSA) is 9.23 Å². The maximum Gasteiger partial charge on any atom is 0.497 e. The van der Waals surface area contributed by atoms with E-state index >= 15 is 0 Å². The second-order valence-corrected chi connectivity index (χ2v) is 4.04. The van der Waals surface area contributed by atoms with Crippen molar-refractivity contribution in [1.82, 2.24) is 0 Å². The summed E-state index contributed by atoms with van der Waals surface area (Å²) in [6, 6.07) is 3.50. The van der Waals surface area contributed by atoms with Crippen molar-refractivity contribution in [2.75, 3.05) is 0 Å². The maximum atomic E-state index is 5.82. The van der Waals surface area contributed by atoms with E-state index in [2.05, 4.69) is 15.9 Å². The van der Waals surface area contributed by atoms with Crippen LogP contribution in [0.4, 0.5) is 0 Å². The number of hydrogen-bond donors (Lipinski definition) is 0. The zero-order valence-corrected chi connectivity index (χ0v) is 10.8. The fourth-order valence-corrected chi connectivity index (χ4v) is 2.79. The van der Waals surface area contributed by atoms with E-state index in [0.717, 1.165) is 4.47 Å². The van der Waals surface area contributed by atoms with Gasteiger partial charge in [0.15, 0.2) is 0 Å². The maximum absolute atomic E-state index is 5.82. The molecule has 0 heterocycles. The number of hydrogen-bond acceptors (Lipinski definition) is 1. The second kappa shape index (κ2) is 4.02. The van der Waals surface area contributed by atoms with Gasteiger partial charge in [-0.25, -0.2) is 0 Å². The number of benzene rings is 1. The van der Waals surface area contributed by atoms with Gasteiger partial charge in [0.05, 0.1) is 10.0 Å². The first-order valence-corrected chi connectivity index (χ1v) is 5.20. The van der Waals surface area contributed by atoms with Crippen molar-refractivity contribution < 1.29 is 3.79 Å². The summed E-state index contributed by atoms with van der Waals surface area (Å²) in [5, 5.41) is 1.08. The van der Waals surface area contributed by atoms with Crippen LogP contribution in [0.15, 0.2) is 16.6 Å². The third kappa shape index (κ3) is 2.27. The lowest BCUT2D eigenvalue weighted by atomic mass is 10.3. The summed E-state index contributed by atoms with van der Waals surface area (Å²) in [6.07, 6.45) is 0. The van der Waals surface area contributed by atoms with Gasteiger partial charge in [0, 0.05) is 4.47 Å².